The highest BCUT2D eigenvalue weighted by atomic mass is 16.1. The average molecular weight is 250 g/mol. The molecule has 0 unspecified atom stereocenters. The SMILES string of the molecule is N#CC(C#N)=C(C#N)Nc1ccc2c(=O)[nH][nH]c2c1. The highest BCUT2D eigenvalue weighted by Gasteiger charge is 2.07. The van der Waals surface area contributed by atoms with Crippen molar-refractivity contribution >= 4 is 16.6 Å². The van der Waals surface area contributed by atoms with Crippen molar-refractivity contribution in [1.29, 1.82) is 15.8 Å². The van der Waals surface area contributed by atoms with Crippen LogP contribution in [0.2, 0.25) is 0 Å². The molecule has 0 saturated heterocycles. The highest BCUT2D eigenvalue weighted by molar-refractivity contribution is 5.82. The zero-order valence-corrected chi connectivity index (χ0v) is 9.48. The molecule has 1 aromatic carbocycles. The van der Waals surface area contributed by atoms with E-state index in [1.165, 1.54) is 0 Å². The normalized spacial score (nSPS) is 9.11. The van der Waals surface area contributed by atoms with Crippen molar-refractivity contribution in [3.8, 4) is 18.2 Å². The predicted molar refractivity (Wildman–Crippen MR) is 66.4 cm³/mol. The third-order valence-electron chi connectivity index (χ3n) is 2.43. The lowest BCUT2D eigenvalue weighted by molar-refractivity contribution is 1.08. The quantitative estimate of drug-likeness (QED) is 0.686. The smallest absolute Gasteiger partial charge is 0.271 e. The van der Waals surface area contributed by atoms with Crippen molar-refractivity contribution in [1.82, 2.24) is 10.2 Å². The Labute approximate surface area is 107 Å². The molecule has 2 aromatic rings. The third kappa shape index (κ3) is 2.14. The average Bonchev–Trinajstić information content (AvgIpc) is 2.80. The number of allylic oxidation sites excluding steroid dienone is 2. The van der Waals surface area contributed by atoms with Gasteiger partial charge in [-0.3, -0.25) is 15.0 Å². The number of nitrogens with one attached hydrogen (secondary N) is 3. The summed E-state index contributed by atoms with van der Waals surface area (Å²) in [4.78, 5) is 11.3. The molecule has 1 aromatic heterocycles. The van der Waals surface area contributed by atoms with Crippen LogP contribution in [0.1, 0.15) is 0 Å². The Kier molecular flexibility index (Phi) is 3.01. The number of H-pyrrole nitrogens is 2. The first-order chi connectivity index (χ1) is 9.19. The fourth-order valence-corrected chi connectivity index (χ4v) is 1.54. The van der Waals surface area contributed by atoms with Crippen LogP contribution in [0.4, 0.5) is 5.69 Å². The van der Waals surface area contributed by atoms with Crippen LogP contribution in [0.25, 0.3) is 10.9 Å². The van der Waals surface area contributed by atoms with E-state index in [0.717, 1.165) is 0 Å². The van der Waals surface area contributed by atoms with Crippen molar-refractivity contribution in [3.05, 3.63) is 39.8 Å². The molecular weight excluding hydrogens is 244 g/mol. The summed E-state index contributed by atoms with van der Waals surface area (Å²) in [5.74, 6) is 0. The molecular formula is C12H6N6O. The molecule has 0 aliphatic carbocycles. The van der Waals surface area contributed by atoms with Crippen LogP contribution in [-0.2, 0) is 0 Å². The maximum Gasteiger partial charge on any atom is 0.271 e. The minimum absolute atomic E-state index is 0.137. The van der Waals surface area contributed by atoms with Gasteiger partial charge < -0.3 is 5.32 Å². The summed E-state index contributed by atoms with van der Waals surface area (Å²) in [6.45, 7) is 0. The number of nitrogens with zero attached hydrogens (tertiary/aromatic N) is 3. The lowest BCUT2D eigenvalue weighted by Crippen LogP contribution is -2.01. The molecule has 0 bridgehead atoms. The number of hydrogen-bond acceptors (Lipinski definition) is 5. The third-order valence-corrected chi connectivity index (χ3v) is 2.43. The second-order valence-corrected chi connectivity index (χ2v) is 3.55. The van der Waals surface area contributed by atoms with Crippen LogP contribution < -0.4 is 10.9 Å². The van der Waals surface area contributed by atoms with E-state index >= 15 is 0 Å². The number of nitriles is 3. The van der Waals surface area contributed by atoms with Crippen molar-refractivity contribution in [2.24, 2.45) is 0 Å². The molecule has 2 rings (SSSR count). The summed E-state index contributed by atoms with van der Waals surface area (Å²) in [5.41, 5.74) is 0.366. The Morgan fingerprint density at radius 2 is 1.84 bits per heavy atom. The largest absolute Gasteiger partial charge is 0.345 e. The summed E-state index contributed by atoms with van der Waals surface area (Å²) in [6, 6.07) is 9.76. The molecule has 0 fully saturated rings. The fourth-order valence-electron chi connectivity index (χ4n) is 1.54. The molecule has 19 heavy (non-hydrogen) atoms. The lowest BCUT2D eigenvalue weighted by Gasteiger charge is -2.03. The molecule has 1 heterocycles. The number of aromatic amines is 2. The van der Waals surface area contributed by atoms with Crippen LogP contribution in [0.3, 0.4) is 0 Å². The molecule has 0 radical (unpaired) electrons. The minimum atomic E-state index is -0.301. The van der Waals surface area contributed by atoms with E-state index in [2.05, 4.69) is 15.5 Å². The number of fused-ring (bicyclic) bond motifs is 1. The Balaban J connectivity index is 2.45. The van der Waals surface area contributed by atoms with E-state index in [1.807, 2.05) is 0 Å². The molecule has 7 heteroatoms. The molecule has 3 N–H and O–H groups in total. The van der Waals surface area contributed by atoms with Crippen molar-refractivity contribution < 1.29 is 0 Å². The van der Waals surface area contributed by atoms with Gasteiger partial charge in [-0.1, -0.05) is 0 Å². The maximum atomic E-state index is 11.3. The first-order valence-electron chi connectivity index (χ1n) is 5.11. The van der Waals surface area contributed by atoms with Gasteiger partial charge in [0, 0.05) is 5.69 Å². The Bertz CT molecular complexity index is 833. The van der Waals surface area contributed by atoms with Crippen LogP contribution in [0.15, 0.2) is 34.3 Å². The van der Waals surface area contributed by atoms with Crippen molar-refractivity contribution in [2.45, 2.75) is 0 Å². The maximum absolute atomic E-state index is 11.3. The van der Waals surface area contributed by atoms with Gasteiger partial charge in [-0.05, 0) is 18.2 Å². The molecule has 0 aliphatic heterocycles. The number of rotatable bonds is 2. The zero-order chi connectivity index (χ0) is 13.8. The Morgan fingerprint density at radius 3 is 2.47 bits per heavy atom. The van der Waals surface area contributed by atoms with E-state index < -0.39 is 0 Å². The summed E-state index contributed by atoms with van der Waals surface area (Å²) in [5, 5.41) is 34.6. The van der Waals surface area contributed by atoms with Crippen LogP contribution in [0, 0.1) is 34.0 Å². The van der Waals surface area contributed by atoms with E-state index in [4.69, 9.17) is 15.8 Å². The molecule has 0 spiro atoms. The van der Waals surface area contributed by atoms with Gasteiger partial charge in [0.05, 0.1) is 10.9 Å². The summed E-state index contributed by atoms with van der Waals surface area (Å²) >= 11 is 0. The van der Waals surface area contributed by atoms with Gasteiger partial charge in [0.15, 0.2) is 5.57 Å². The number of hydrogen-bond donors (Lipinski definition) is 3. The Morgan fingerprint density at radius 1 is 1.11 bits per heavy atom. The van der Waals surface area contributed by atoms with Crippen molar-refractivity contribution in [2.75, 3.05) is 5.32 Å². The summed E-state index contributed by atoms with van der Waals surface area (Å²) in [6.07, 6.45) is 0. The van der Waals surface area contributed by atoms with E-state index in [0.29, 0.717) is 16.6 Å². The van der Waals surface area contributed by atoms with Crippen LogP contribution in [0.5, 0.6) is 0 Å². The second-order valence-electron chi connectivity index (χ2n) is 3.55. The van der Waals surface area contributed by atoms with Crippen LogP contribution >= 0.6 is 0 Å². The fraction of sp³-hybridized carbons (Fsp3) is 0. The van der Waals surface area contributed by atoms with Gasteiger partial charge in [0.25, 0.3) is 5.56 Å². The molecule has 0 amide bonds. The molecule has 90 valence electrons. The van der Waals surface area contributed by atoms with Gasteiger partial charge in [-0.15, -0.1) is 0 Å². The number of benzene rings is 1. The second kappa shape index (κ2) is 4.79. The van der Waals surface area contributed by atoms with Gasteiger partial charge in [-0.25, -0.2) is 0 Å². The Hall–Kier alpha value is -3.50. The van der Waals surface area contributed by atoms with Gasteiger partial charge in [0.1, 0.15) is 23.9 Å². The molecule has 0 atom stereocenters. The number of aromatic nitrogens is 2. The van der Waals surface area contributed by atoms with Crippen LogP contribution in [-0.4, -0.2) is 10.2 Å². The molecule has 7 nitrogen and oxygen atoms in total. The summed E-state index contributed by atoms with van der Waals surface area (Å²) in [7, 11) is 0. The van der Waals surface area contributed by atoms with Crippen molar-refractivity contribution in [3.63, 3.8) is 0 Å². The van der Waals surface area contributed by atoms with E-state index in [-0.39, 0.29) is 16.8 Å². The first-order valence-corrected chi connectivity index (χ1v) is 5.11. The zero-order valence-electron chi connectivity index (χ0n) is 9.48. The first kappa shape index (κ1) is 12.0. The topological polar surface area (TPSA) is 132 Å². The minimum Gasteiger partial charge on any atom is -0.345 e. The lowest BCUT2D eigenvalue weighted by atomic mass is 10.2. The van der Waals surface area contributed by atoms with E-state index in [1.54, 1.807) is 36.4 Å². The summed E-state index contributed by atoms with van der Waals surface area (Å²) < 4.78 is 0. The van der Waals surface area contributed by atoms with Gasteiger partial charge in [-0.2, -0.15) is 15.8 Å². The van der Waals surface area contributed by atoms with Gasteiger partial charge in [0.2, 0.25) is 0 Å². The monoisotopic (exact) mass is 250 g/mol. The van der Waals surface area contributed by atoms with E-state index in [9.17, 15) is 4.79 Å². The standard InChI is InChI=1S/C12H6N6O/c13-4-7(5-14)11(6-15)16-8-1-2-9-10(3-8)17-18-12(9)19/h1-3,16H,(H2,17,18,19). The highest BCUT2D eigenvalue weighted by Crippen LogP contribution is 2.16. The van der Waals surface area contributed by atoms with Gasteiger partial charge >= 0.3 is 0 Å². The number of anilines is 1. The molecule has 0 saturated carbocycles. The predicted octanol–water partition coefficient (Wildman–Crippen LogP) is 1.09. The molecule has 0 aliphatic rings.